The Morgan fingerprint density at radius 3 is 2.63 bits per heavy atom. The van der Waals surface area contributed by atoms with Crippen molar-refractivity contribution in [1.29, 1.82) is 0 Å². The topological polar surface area (TPSA) is 118 Å². The Balaban J connectivity index is 1.47. The molecule has 0 radical (unpaired) electrons. The Morgan fingerprint density at radius 2 is 2.04 bits per heavy atom. The third-order valence-corrected chi connectivity index (χ3v) is 5.08. The van der Waals surface area contributed by atoms with Crippen molar-refractivity contribution in [1.82, 2.24) is 30.9 Å². The molecular formula is C17H17FN6O3. The van der Waals surface area contributed by atoms with Crippen LogP contribution in [0.1, 0.15) is 29.8 Å². The summed E-state index contributed by atoms with van der Waals surface area (Å²) in [5.41, 5.74) is -0.575. The number of amides is 4. The normalized spacial score (nSPS) is 22.1. The van der Waals surface area contributed by atoms with E-state index < -0.39 is 23.4 Å². The smallest absolute Gasteiger partial charge is 0.322 e. The fourth-order valence-electron chi connectivity index (χ4n) is 3.34. The van der Waals surface area contributed by atoms with Crippen molar-refractivity contribution in [3.05, 3.63) is 42.0 Å². The second kappa shape index (κ2) is 6.45. The van der Waals surface area contributed by atoms with Crippen molar-refractivity contribution in [2.75, 3.05) is 6.54 Å². The van der Waals surface area contributed by atoms with E-state index in [1.54, 1.807) is 0 Å². The maximum atomic E-state index is 13.0. The largest absolute Gasteiger partial charge is 0.348 e. The number of carbonyl (C=O) groups is 3. The number of carbonyl (C=O) groups excluding carboxylic acids is 3. The molecule has 1 atom stereocenters. The highest BCUT2D eigenvalue weighted by atomic mass is 19.1. The summed E-state index contributed by atoms with van der Waals surface area (Å²) in [7, 11) is 0. The molecule has 1 saturated carbocycles. The summed E-state index contributed by atoms with van der Waals surface area (Å²) in [4.78, 5) is 37.5. The maximum Gasteiger partial charge on any atom is 0.322 e. The Morgan fingerprint density at radius 1 is 1.30 bits per heavy atom. The van der Waals surface area contributed by atoms with Crippen LogP contribution in [0.4, 0.5) is 9.18 Å². The standard InChI is InChI=1S/C17H17FN6O3/c18-11-4-6-12(7-5-11)24-20-8-13(23-24)14(25)19-9-17(10-2-1-3-10)15(26)21-16(27)22-17/h4-8,10H,1-3,9H2,(H,19,25)(H2,21,22,26,27). The molecule has 4 rings (SSSR count). The van der Waals surface area contributed by atoms with E-state index in [9.17, 15) is 18.8 Å². The van der Waals surface area contributed by atoms with Gasteiger partial charge in [-0.3, -0.25) is 14.9 Å². The number of hydrogen-bond acceptors (Lipinski definition) is 5. The van der Waals surface area contributed by atoms with E-state index in [1.807, 2.05) is 0 Å². The van der Waals surface area contributed by atoms with Crippen LogP contribution in [0.5, 0.6) is 0 Å². The first kappa shape index (κ1) is 17.1. The van der Waals surface area contributed by atoms with Gasteiger partial charge in [-0.05, 0) is 43.0 Å². The molecule has 1 aromatic carbocycles. The van der Waals surface area contributed by atoms with E-state index in [0.717, 1.165) is 19.3 Å². The summed E-state index contributed by atoms with van der Waals surface area (Å²) in [6, 6.07) is 4.95. The summed E-state index contributed by atoms with van der Waals surface area (Å²) in [5, 5.41) is 15.7. The van der Waals surface area contributed by atoms with E-state index in [1.165, 1.54) is 35.3 Å². The summed E-state index contributed by atoms with van der Waals surface area (Å²) in [6.07, 6.45) is 3.88. The molecule has 1 aliphatic carbocycles. The fraction of sp³-hybridized carbons (Fsp3) is 0.353. The van der Waals surface area contributed by atoms with Gasteiger partial charge in [0.2, 0.25) is 0 Å². The second-order valence-electron chi connectivity index (χ2n) is 6.69. The fourth-order valence-corrected chi connectivity index (χ4v) is 3.34. The predicted octanol–water partition coefficient (Wildman–Crippen LogP) is 0.514. The van der Waals surface area contributed by atoms with Gasteiger partial charge >= 0.3 is 6.03 Å². The Labute approximate surface area is 153 Å². The van der Waals surface area contributed by atoms with Crippen LogP contribution < -0.4 is 16.0 Å². The van der Waals surface area contributed by atoms with Crippen LogP contribution in [-0.2, 0) is 4.79 Å². The average Bonchev–Trinajstić information content (AvgIpc) is 3.18. The predicted molar refractivity (Wildman–Crippen MR) is 90.4 cm³/mol. The average molecular weight is 372 g/mol. The minimum Gasteiger partial charge on any atom is -0.348 e. The molecule has 0 bridgehead atoms. The van der Waals surface area contributed by atoms with Crippen LogP contribution in [-0.4, -0.2) is 44.9 Å². The van der Waals surface area contributed by atoms with Gasteiger partial charge in [0.25, 0.3) is 11.8 Å². The molecule has 27 heavy (non-hydrogen) atoms. The van der Waals surface area contributed by atoms with E-state index in [2.05, 4.69) is 26.1 Å². The molecule has 3 N–H and O–H groups in total. The van der Waals surface area contributed by atoms with E-state index >= 15 is 0 Å². The first-order valence-corrected chi connectivity index (χ1v) is 8.58. The van der Waals surface area contributed by atoms with Crippen LogP contribution >= 0.6 is 0 Å². The Kier molecular flexibility index (Phi) is 4.09. The molecule has 9 nitrogen and oxygen atoms in total. The van der Waals surface area contributed by atoms with Gasteiger partial charge in [-0.25, -0.2) is 9.18 Å². The highest BCUT2D eigenvalue weighted by molar-refractivity contribution is 6.08. The van der Waals surface area contributed by atoms with Crippen molar-refractivity contribution in [2.24, 2.45) is 5.92 Å². The molecule has 0 spiro atoms. The minimum atomic E-state index is -1.13. The van der Waals surface area contributed by atoms with Gasteiger partial charge < -0.3 is 10.6 Å². The van der Waals surface area contributed by atoms with Crippen LogP contribution in [0, 0.1) is 11.7 Å². The molecule has 2 aromatic rings. The number of aromatic nitrogens is 3. The summed E-state index contributed by atoms with van der Waals surface area (Å²) >= 11 is 0. The molecule has 10 heteroatoms. The lowest BCUT2D eigenvalue weighted by Crippen LogP contribution is -2.61. The molecule has 2 fully saturated rings. The monoisotopic (exact) mass is 372 g/mol. The van der Waals surface area contributed by atoms with Gasteiger partial charge in [-0.1, -0.05) is 6.42 Å². The van der Waals surface area contributed by atoms with Crippen molar-refractivity contribution in [2.45, 2.75) is 24.8 Å². The van der Waals surface area contributed by atoms with Crippen molar-refractivity contribution < 1.29 is 18.8 Å². The van der Waals surface area contributed by atoms with Crippen LogP contribution in [0.2, 0.25) is 0 Å². The number of urea groups is 1. The molecular weight excluding hydrogens is 355 g/mol. The molecule has 140 valence electrons. The third kappa shape index (κ3) is 3.03. The van der Waals surface area contributed by atoms with Crippen molar-refractivity contribution in [3.63, 3.8) is 0 Å². The number of benzene rings is 1. The van der Waals surface area contributed by atoms with Gasteiger partial charge in [0, 0.05) is 0 Å². The van der Waals surface area contributed by atoms with Gasteiger partial charge in [0.15, 0.2) is 5.69 Å². The first-order valence-electron chi connectivity index (χ1n) is 8.58. The minimum absolute atomic E-state index is 0.0147. The van der Waals surface area contributed by atoms with Crippen molar-refractivity contribution >= 4 is 17.8 Å². The number of halogens is 1. The van der Waals surface area contributed by atoms with Gasteiger partial charge in [-0.15, -0.1) is 5.10 Å². The Hall–Kier alpha value is -3.30. The van der Waals surface area contributed by atoms with E-state index in [-0.39, 0.29) is 24.0 Å². The highest BCUT2D eigenvalue weighted by Gasteiger charge is 2.53. The van der Waals surface area contributed by atoms with Crippen molar-refractivity contribution in [3.8, 4) is 5.69 Å². The van der Waals surface area contributed by atoms with Gasteiger partial charge in [0.1, 0.15) is 11.4 Å². The quantitative estimate of drug-likeness (QED) is 0.661. The number of imide groups is 1. The lowest BCUT2D eigenvalue weighted by molar-refractivity contribution is -0.126. The van der Waals surface area contributed by atoms with E-state index in [4.69, 9.17) is 0 Å². The Bertz CT molecular complexity index is 908. The number of nitrogens with one attached hydrogen (secondary N) is 3. The lowest BCUT2D eigenvalue weighted by Gasteiger charge is -2.40. The molecule has 1 aliphatic heterocycles. The lowest BCUT2D eigenvalue weighted by atomic mass is 9.70. The number of nitrogens with zero attached hydrogens (tertiary/aromatic N) is 3. The molecule has 1 saturated heterocycles. The first-order chi connectivity index (χ1) is 13.0. The van der Waals surface area contributed by atoms with Crippen LogP contribution in [0.15, 0.2) is 30.5 Å². The van der Waals surface area contributed by atoms with Gasteiger partial charge in [-0.2, -0.15) is 9.90 Å². The zero-order chi connectivity index (χ0) is 19.0. The number of hydrogen-bond donors (Lipinski definition) is 3. The zero-order valence-corrected chi connectivity index (χ0v) is 14.2. The SMILES string of the molecule is O=C1NC(=O)C(CNC(=O)c2cnn(-c3ccc(F)cc3)n2)(C2CCC2)N1. The summed E-state index contributed by atoms with van der Waals surface area (Å²) in [5.74, 6) is -1.34. The second-order valence-corrected chi connectivity index (χ2v) is 6.69. The van der Waals surface area contributed by atoms with Crippen LogP contribution in [0.3, 0.4) is 0 Å². The molecule has 2 heterocycles. The number of rotatable bonds is 5. The molecule has 4 amide bonds. The molecule has 2 aliphatic rings. The summed E-state index contributed by atoms with van der Waals surface area (Å²) < 4.78 is 13.0. The van der Waals surface area contributed by atoms with Gasteiger partial charge in [0.05, 0.1) is 18.4 Å². The maximum absolute atomic E-state index is 13.0. The molecule has 1 aromatic heterocycles. The third-order valence-electron chi connectivity index (χ3n) is 5.08. The zero-order valence-electron chi connectivity index (χ0n) is 14.2. The van der Waals surface area contributed by atoms with Crippen LogP contribution in [0.25, 0.3) is 5.69 Å². The van der Waals surface area contributed by atoms with E-state index in [0.29, 0.717) is 5.69 Å². The molecule has 1 unspecified atom stereocenters. The highest BCUT2D eigenvalue weighted by Crippen LogP contribution is 2.37. The summed E-state index contributed by atoms with van der Waals surface area (Å²) in [6.45, 7) is -0.0303.